The Kier molecular flexibility index (Phi) is 7.56. The molecule has 32 heavy (non-hydrogen) atoms. The fourth-order valence-corrected chi connectivity index (χ4v) is 3.24. The van der Waals surface area contributed by atoms with Gasteiger partial charge >= 0.3 is 0 Å². The zero-order valence-electron chi connectivity index (χ0n) is 18.2. The molecule has 3 aromatic rings. The van der Waals surface area contributed by atoms with Crippen LogP contribution in [0.5, 0.6) is 0 Å². The van der Waals surface area contributed by atoms with Gasteiger partial charge in [0.25, 0.3) is 11.8 Å². The topological polar surface area (TPSA) is 123 Å². The number of hydrogen-bond donors (Lipinski definition) is 3. The summed E-state index contributed by atoms with van der Waals surface area (Å²) in [7, 11) is 1.32. The molecule has 0 saturated heterocycles. The Hall–Kier alpha value is -3.72. The van der Waals surface area contributed by atoms with Crippen LogP contribution in [0.15, 0.2) is 53.1 Å². The first-order chi connectivity index (χ1) is 15.4. The third kappa shape index (κ3) is 5.50. The van der Waals surface area contributed by atoms with Gasteiger partial charge in [-0.15, -0.1) is 0 Å². The monoisotopic (exact) mass is 438 g/mol. The Morgan fingerprint density at radius 3 is 2.50 bits per heavy atom. The quantitative estimate of drug-likeness (QED) is 0.440. The van der Waals surface area contributed by atoms with E-state index < -0.39 is 30.0 Å². The van der Waals surface area contributed by atoms with Gasteiger partial charge in [0, 0.05) is 19.7 Å². The van der Waals surface area contributed by atoms with E-state index in [1.54, 1.807) is 13.8 Å². The lowest BCUT2D eigenvalue weighted by Gasteiger charge is -2.21. The van der Waals surface area contributed by atoms with Gasteiger partial charge in [0.2, 0.25) is 12.1 Å². The number of amides is 3. The Balaban J connectivity index is 1.59. The minimum absolute atomic E-state index is 0.0740. The minimum Gasteiger partial charge on any atom is -0.361 e. The van der Waals surface area contributed by atoms with E-state index in [2.05, 4.69) is 21.1 Å². The summed E-state index contributed by atoms with van der Waals surface area (Å²) in [4.78, 5) is 37.5. The van der Waals surface area contributed by atoms with Gasteiger partial charge in [-0.25, -0.2) is 0 Å². The second-order valence-electron chi connectivity index (χ2n) is 7.24. The van der Waals surface area contributed by atoms with Gasteiger partial charge < -0.3 is 25.2 Å². The number of aryl methyl sites for hydroxylation is 1. The molecule has 9 heteroatoms. The van der Waals surface area contributed by atoms with Crippen molar-refractivity contribution in [3.63, 3.8) is 0 Å². The Morgan fingerprint density at radius 2 is 1.81 bits per heavy atom. The highest BCUT2D eigenvalue weighted by Gasteiger charge is 2.26. The Labute approximate surface area is 185 Å². The number of fused-ring (bicyclic) bond motifs is 1. The van der Waals surface area contributed by atoms with Crippen molar-refractivity contribution in [1.82, 2.24) is 21.1 Å². The molecule has 1 aromatic heterocycles. The second-order valence-corrected chi connectivity index (χ2v) is 7.24. The van der Waals surface area contributed by atoms with Gasteiger partial charge in [0.05, 0.1) is 0 Å². The van der Waals surface area contributed by atoms with Gasteiger partial charge in [-0.1, -0.05) is 54.5 Å². The number of benzene rings is 2. The Bertz CT molecular complexity index is 1110. The van der Waals surface area contributed by atoms with Crippen LogP contribution in [0, 0.1) is 6.92 Å². The number of nitrogens with one attached hydrogen (secondary N) is 3. The van der Waals surface area contributed by atoms with E-state index in [4.69, 9.17) is 9.26 Å². The van der Waals surface area contributed by atoms with E-state index in [1.165, 1.54) is 13.2 Å². The maximum atomic E-state index is 12.6. The number of ether oxygens (including phenoxy) is 1. The van der Waals surface area contributed by atoms with Crippen LogP contribution in [-0.4, -0.2) is 42.3 Å². The number of aromatic nitrogens is 1. The molecule has 2 atom stereocenters. The minimum atomic E-state index is -1.21. The average molecular weight is 438 g/mol. The van der Waals surface area contributed by atoms with Crippen LogP contribution in [0.4, 0.5) is 0 Å². The SMILES string of the molecule is CC[C@H](NC(=O)c1cc(C)on1)C(=O)N[C@@H](OC)C(=O)NCc1cccc2ccccc12. The lowest BCUT2D eigenvalue weighted by Crippen LogP contribution is -2.54. The fourth-order valence-electron chi connectivity index (χ4n) is 3.24. The van der Waals surface area contributed by atoms with Crippen LogP contribution in [0.2, 0.25) is 0 Å². The summed E-state index contributed by atoms with van der Waals surface area (Å²) in [5, 5.41) is 13.6. The summed E-state index contributed by atoms with van der Waals surface area (Å²) in [5.41, 5.74) is 1.02. The van der Waals surface area contributed by atoms with Crippen molar-refractivity contribution in [2.24, 2.45) is 0 Å². The summed E-state index contributed by atoms with van der Waals surface area (Å²) in [5.74, 6) is -1.11. The standard InChI is InChI=1S/C23H26N4O5/c1-4-18(25-21(29)19-12-14(2)32-27-19)20(28)26-23(31-3)22(30)24-13-16-10-7-9-15-8-5-6-11-17(15)16/h5-12,18,23H,4,13H2,1-3H3,(H,24,30)(H,25,29)(H,26,28)/t18-,23-/m0/s1. The molecule has 3 rings (SSSR count). The summed E-state index contributed by atoms with van der Waals surface area (Å²) >= 11 is 0. The molecule has 0 fully saturated rings. The van der Waals surface area contributed by atoms with Gasteiger partial charge in [-0.05, 0) is 29.7 Å². The largest absolute Gasteiger partial charge is 0.361 e. The molecule has 3 amide bonds. The number of carbonyl (C=O) groups is 3. The maximum absolute atomic E-state index is 12.6. The molecule has 0 aliphatic rings. The van der Waals surface area contributed by atoms with E-state index in [9.17, 15) is 14.4 Å². The highest BCUT2D eigenvalue weighted by molar-refractivity contribution is 5.97. The van der Waals surface area contributed by atoms with E-state index >= 15 is 0 Å². The second kappa shape index (κ2) is 10.5. The first-order valence-electron chi connectivity index (χ1n) is 10.2. The molecule has 2 aromatic carbocycles. The molecule has 0 aliphatic carbocycles. The third-order valence-electron chi connectivity index (χ3n) is 4.97. The summed E-state index contributed by atoms with van der Waals surface area (Å²) in [6, 6.07) is 14.3. The molecule has 0 unspecified atom stereocenters. The van der Waals surface area contributed by atoms with Gasteiger partial charge in [0.15, 0.2) is 5.69 Å². The van der Waals surface area contributed by atoms with Gasteiger partial charge in [0.1, 0.15) is 11.8 Å². The number of carbonyl (C=O) groups excluding carboxylic acids is 3. The van der Waals surface area contributed by atoms with Crippen molar-refractivity contribution < 1.29 is 23.6 Å². The van der Waals surface area contributed by atoms with Crippen molar-refractivity contribution >= 4 is 28.5 Å². The highest BCUT2D eigenvalue weighted by Crippen LogP contribution is 2.18. The zero-order valence-corrected chi connectivity index (χ0v) is 18.2. The molecule has 0 saturated carbocycles. The zero-order chi connectivity index (χ0) is 23.1. The fraction of sp³-hybridized carbons (Fsp3) is 0.304. The van der Waals surface area contributed by atoms with Crippen LogP contribution in [0.1, 0.15) is 35.2 Å². The van der Waals surface area contributed by atoms with Crippen LogP contribution < -0.4 is 16.0 Å². The molecule has 168 valence electrons. The van der Waals surface area contributed by atoms with E-state index in [1.807, 2.05) is 42.5 Å². The smallest absolute Gasteiger partial charge is 0.274 e. The molecule has 9 nitrogen and oxygen atoms in total. The molecule has 3 N–H and O–H groups in total. The molecule has 0 bridgehead atoms. The summed E-state index contributed by atoms with van der Waals surface area (Å²) < 4.78 is 10.0. The molecule has 0 radical (unpaired) electrons. The van der Waals surface area contributed by atoms with Crippen molar-refractivity contribution in [3.05, 3.63) is 65.5 Å². The lowest BCUT2D eigenvalue weighted by atomic mass is 10.0. The van der Waals surface area contributed by atoms with Gasteiger partial charge in [-0.2, -0.15) is 0 Å². The number of rotatable bonds is 9. The first kappa shape index (κ1) is 23.0. The average Bonchev–Trinajstić information content (AvgIpc) is 3.25. The van der Waals surface area contributed by atoms with E-state index in [-0.39, 0.29) is 12.2 Å². The molecule has 0 aliphatic heterocycles. The Morgan fingerprint density at radius 1 is 1.06 bits per heavy atom. The number of methoxy groups -OCH3 is 1. The van der Waals surface area contributed by atoms with Crippen LogP contribution in [0.3, 0.4) is 0 Å². The normalized spacial score (nSPS) is 12.7. The molecule has 1 heterocycles. The predicted octanol–water partition coefficient (Wildman–Crippen LogP) is 2.05. The van der Waals surface area contributed by atoms with Crippen molar-refractivity contribution in [1.29, 1.82) is 0 Å². The molecular weight excluding hydrogens is 412 g/mol. The molecular formula is C23H26N4O5. The van der Waals surface area contributed by atoms with E-state index in [0.29, 0.717) is 12.2 Å². The van der Waals surface area contributed by atoms with Crippen LogP contribution in [-0.2, 0) is 20.9 Å². The van der Waals surface area contributed by atoms with Crippen molar-refractivity contribution in [2.45, 2.75) is 39.1 Å². The highest BCUT2D eigenvalue weighted by atomic mass is 16.5. The van der Waals surface area contributed by atoms with Crippen LogP contribution >= 0.6 is 0 Å². The van der Waals surface area contributed by atoms with Crippen LogP contribution in [0.25, 0.3) is 10.8 Å². The predicted molar refractivity (Wildman–Crippen MR) is 118 cm³/mol. The first-order valence-corrected chi connectivity index (χ1v) is 10.2. The molecule has 0 spiro atoms. The number of hydrogen-bond acceptors (Lipinski definition) is 6. The third-order valence-corrected chi connectivity index (χ3v) is 4.97. The lowest BCUT2D eigenvalue weighted by molar-refractivity contribution is -0.139. The number of nitrogens with zero attached hydrogens (tertiary/aromatic N) is 1. The summed E-state index contributed by atoms with van der Waals surface area (Å²) in [6.07, 6.45) is -0.902. The van der Waals surface area contributed by atoms with Crippen molar-refractivity contribution in [3.8, 4) is 0 Å². The van der Waals surface area contributed by atoms with Crippen molar-refractivity contribution in [2.75, 3.05) is 7.11 Å². The van der Waals surface area contributed by atoms with E-state index in [0.717, 1.165) is 16.3 Å². The maximum Gasteiger partial charge on any atom is 0.274 e. The van der Waals surface area contributed by atoms with Gasteiger partial charge in [-0.3, -0.25) is 14.4 Å². The summed E-state index contributed by atoms with van der Waals surface area (Å²) in [6.45, 7) is 3.67.